The number of carbonyl (C=O) groups excluding carboxylic acids is 1. The predicted molar refractivity (Wildman–Crippen MR) is 566 cm³/mol. The molecular formula is C102H134Br4Cl2N14O9. The molecule has 0 spiro atoms. The van der Waals surface area contributed by atoms with Crippen molar-refractivity contribution in [1.29, 1.82) is 0 Å². The smallest absolute Gasteiger partial charge is 0.323 e. The van der Waals surface area contributed by atoms with Gasteiger partial charge in [-0.25, -0.2) is 9.78 Å². The number of amides is 1. The van der Waals surface area contributed by atoms with Gasteiger partial charge >= 0.3 is 5.69 Å². The van der Waals surface area contributed by atoms with E-state index < -0.39 is 9.85 Å². The summed E-state index contributed by atoms with van der Waals surface area (Å²) in [6.45, 7) is 48.6. The number of carbonyl (C=O) groups is 1. The summed E-state index contributed by atoms with van der Waals surface area (Å²) >= 11 is 25.0. The largest absolute Gasteiger partial charge is 0.497 e. The van der Waals surface area contributed by atoms with Crippen LogP contribution in [0.5, 0.6) is 5.75 Å². The lowest BCUT2D eigenvalue weighted by Gasteiger charge is -2.35. The normalized spacial score (nSPS) is 11.7. The second-order valence-corrected chi connectivity index (χ2v) is 39.5. The summed E-state index contributed by atoms with van der Waals surface area (Å²) < 4.78 is 8.89. The van der Waals surface area contributed by atoms with Gasteiger partial charge in [0.05, 0.1) is 73.0 Å². The highest BCUT2D eigenvalue weighted by Crippen LogP contribution is 2.36. The number of nitrogens with zero attached hydrogens (tertiary/aromatic N) is 5. The van der Waals surface area contributed by atoms with Crippen LogP contribution in [0.25, 0.3) is 22.1 Å². The molecule has 1 amide bonds. The molecule has 12 aromatic rings. The third kappa shape index (κ3) is 38.9. The number of likely N-dealkylation sites (tertiary alicyclic amines) is 1. The fourth-order valence-corrected chi connectivity index (χ4v) is 15.0. The van der Waals surface area contributed by atoms with Gasteiger partial charge in [-0.1, -0.05) is 215 Å². The number of nitrogen functional groups attached to an aromatic ring is 3. The zero-order valence-electron chi connectivity index (χ0n) is 80.0. The van der Waals surface area contributed by atoms with Gasteiger partial charge in [-0.3, -0.25) is 35.1 Å². The number of H-pyrrole nitrogens is 3. The molecule has 3 heterocycles. The maximum atomic E-state index is 11.0. The maximum absolute atomic E-state index is 11.0. The van der Waals surface area contributed by atoms with Crippen LogP contribution in [0.4, 0.5) is 51.2 Å². The first-order chi connectivity index (χ1) is 61.3. The summed E-state index contributed by atoms with van der Waals surface area (Å²) in [5.74, 6) is 4.72. The molecule has 0 bridgehead atoms. The van der Waals surface area contributed by atoms with E-state index >= 15 is 0 Å². The van der Waals surface area contributed by atoms with E-state index in [0.29, 0.717) is 64.9 Å². The van der Waals surface area contributed by atoms with Gasteiger partial charge in [0.25, 0.3) is 17.1 Å². The van der Waals surface area contributed by atoms with Gasteiger partial charge in [0.15, 0.2) is 0 Å². The molecule has 0 saturated carbocycles. The molecular weight excluding hydrogens is 1960 g/mol. The third-order valence-electron chi connectivity index (χ3n) is 21.1. The molecule has 0 atom stereocenters. The number of ether oxygens (including phenoxy) is 1. The van der Waals surface area contributed by atoms with E-state index in [9.17, 15) is 39.9 Å². The minimum atomic E-state index is -0.464. The number of fused-ring (bicyclic) bond motifs is 2. The Labute approximate surface area is 818 Å². The highest BCUT2D eigenvalue weighted by Gasteiger charge is 2.23. The van der Waals surface area contributed by atoms with Crippen molar-refractivity contribution in [3.8, 4) is 5.75 Å². The molecule has 1 saturated heterocycles. The zero-order valence-corrected chi connectivity index (χ0v) is 87.8. The van der Waals surface area contributed by atoms with Crippen LogP contribution >= 0.6 is 86.9 Å². The number of aromatic nitrogens is 4. The van der Waals surface area contributed by atoms with Crippen LogP contribution in [0.15, 0.2) is 217 Å². The second kappa shape index (κ2) is 55.4. The molecule has 708 valence electrons. The predicted octanol–water partition coefficient (Wildman–Crippen LogP) is 30.3. The molecule has 1 aliphatic heterocycles. The standard InChI is InChI=1S/C14H22N4O2.C11H14BrNO.C11H14N2.C10H14N2O2.C10H12N2O.C10H14O.C9H11Br2N.C9H12BrN.C9H10ClNO2.C9H11Cl/c1-10(2)17-7-5-11(6-8-17)16-14-4-3-12(18(19)20)9-13(14)15;1-7(2)9-4-5-11(10(12)6-9)13-8(3)14;1-11(2,3)8-4-5-9-10(6-8)13-7-12-9;1-7(2)8-4-5-9(11-3)10(6-8)12(13)14;1-6(2)7-3-4-8-9(5-7)12-10(13)11-8;1-8(2)9-4-6-10(11-3)7-5-9;1-5(2)6-3-7(10)9(12)8(11)4-6;1-6(2)7-3-4-9(11)8(10)5-7;1-6(2)7-3-4-8(10)9(5-7)11(12)13;1-7(2)8-3-5-9(10)6-4-8/h3-4,9-11,16H,5-8,15H2,1-2H3;4-7H,1-3H3,(H,13,14);4-7H,1-3H3,(H,12,13);4-7,11H,1-3H3;3-6H,1-2H3,(H2,11,12,13);4-8H,1-3H3;3-5H,12H2,1-2H3;3-6H,11H2,1-2H3;3-6H,1-2H3;3-7H,1-2H3. The van der Waals surface area contributed by atoms with Gasteiger partial charge in [-0.15, -0.1) is 0 Å². The summed E-state index contributed by atoms with van der Waals surface area (Å²) in [6.07, 6.45) is 3.86. The van der Waals surface area contributed by atoms with E-state index in [1.165, 1.54) is 64.1 Å². The van der Waals surface area contributed by atoms with Gasteiger partial charge in [0, 0.05) is 92.0 Å². The molecule has 29 heteroatoms. The van der Waals surface area contributed by atoms with Crippen molar-refractivity contribution < 1.29 is 24.3 Å². The molecule has 13 rings (SSSR count). The van der Waals surface area contributed by atoms with Crippen LogP contribution in [0.2, 0.25) is 10.0 Å². The first-order valence-corrected chi connectivity index (χ1v) is 47.6. The fourth-order valence-electron chi connectivity index (χ4n) is 12.5. The Morgan fingerprint density at radius 2 is 0.924 bits per heavy atom. The number of nitrogens with two attached hydrogens (primary N) is 3. The van der Waals surface area contributed by atoms with Crippen molar-refractivity contribution in [2.45, 2.75) is 230 Å². The van der Waals surface area contributed by atoms with Gasteiger partial charge in [0.1, 0.15) is 16.5 Å². The molecule has 1 fully saturated rings. The molecule has 0 aliphatic carbocycles. The number of non-ortho nitro benzene ring substituents is 1. The highest BCUT2D eigenvalue weighted by molar-refractivity contribution is 9.11. The number of nitro benzene ring substituents is 3. The zero-order chi connectivity index (χ0) is 98.6. The summed E-state index contributed by atoms with van der Waals surface area (Å²) in [4.78, 5) is 67.7. The first-order valence-electron chi connectivity index (χ1n) is 43.7. The number of nitrogens with one attached hydrogen (secondary N) is 6. The van der Waals surface area contributed by atoms with E-state index in [4.69, 9.17) is 45.1 Å². The number of nitro groups is 3. The van der Waals surface area contributed by atoms with Crippen LogP contribution in [0, 0.1) is 30.3 Å². The Balaban J connectivity index is 0.000000306. The van der Waals surface area contributed by atoms with Crippen LogP contribution < -0.4 is 43.6 Å². The van der Waals surface area contributed by atoms with Crippen molar-refractivity contribution in [2.24, 2.45) is 0 Å². The Morgan fingerprint density at radius 1 is 0.489 bits per heavy atom. The number of hydrogen-bond acceptors (Lipinski definition) is 16. The van der Waals surface area contributed by atoms with Crippen molar-refractivity contribution in [2.75, 3.05) is 60.4 Å². The Hall–Kier alpha value is -10.1. The number of hydrogen-bond donors (Lipinski definition) is 9. The van der Waals surface area contributed by atoms with E-state index in [-0.39, 0.29) is 49.9 Å². The molecule has 10 aromatic carbocycles. The van der Waals surface area contributed by atoms with Crippen molar-refractivity contribution in [3.63, 3.8) is 0 Å². The molecule has 0 radical (unpaired) electrons. The quantitative estimate of drug-likeness (QED) is 0.0232. The van der Waals surface area contributed by atoms with E-state index in [0.717, 1.165) is 111 Å². The molecule has 2 aromatic heterocycles. The molecule has 0 unspecified atom stereocenters. The van der Waals surface area contributed by atoms with Crippen LogP contribution in [0.3, 0.4) is 0 Å². The number of anilines is 6. The van der Waals surface area contributed by atoms with Crippen LogP contribution in [0.1, 0.15) is 263 Å². The molecule has 12 N–H and O–H groups in total. The van der Waals surface area contributed by atoms with E-state index in [1.807, 2.05) is 100 Å². The van der Waals surface area contributed by atoms with E-state index in [1.54, 1.807) is 50.8 Å². The highest BCUT2D eigenvalue weighted by atomic mass is 79.9. The van der Waals surface area contributed by atoms with Crippen LogP contribution in [-0.2, 0) is 10.2 Å². The average Bonchev–Trinajstić information content (AvgIpc) is 1.62. The fraction of sp³-hybridized carbons (Fsp3) is 0.382. The lowest BCUT2D eigenvalue weighted by atomic mass is 9.87. The van der Waals surface area contributed by atoms with Gasteiger partial charge in [-0.2, -0.15) is 0 Å². The summed E-state index contributed by atoms with van der Waals surface area (Å²) in [5.41, 5.74) is 36.6. The lowest BCUT2D eigenvalue weighted by molar-refractivity contribution is -0.384. The lowest BCUT2D eigenvalue weighted by Crippen LogP contribution is -2.42. The number of piperidine rings is 1. The molecule has 131 heavy (non-hydrogen) atoms. The summed E-state index contributed by atoms with van der Waals surface area (Å²) in [5, 5.41) is 41.9. The Kier molecular flexibility index (Phi) is 47.9. The van der Waals surface area contributed by atoms with Crippen molar-refractivity contribution in [1.82, 2.24) is 24.8 Å². The van der Waals surface area contributed by atoms with Crippen molar-refractivity contribution in [3.05, 3.63) is 313 Å². The van der Waals surface area contributed by atoms with Gasteiger partial charge in [0.2, 0.25) is 5.91 Å². The maximum Gasteiger partial charge on any atom is 0.323 e. The summed E-state index contributed by atoms with van der Waals surface area (Å²) in [7, 11) is 3.36. The molecule has 1 aliphatic rings. The van der Waals surface area contributed by atoms with Crippen molar-refractivity contribution >= 4 is 166 Å². The number of halogens is 6. The minimum Gasteiger partial charge on any atom is -0.497 e. The average molecular weight is 2090 g/mol. The monoisotopic (exact) mass is 2080 g/mol. The number of benzene rings is 10. The number of imidazole rings is 2. The van der Waals surface area contributed by atoms with Gasteiger partial charge in [-0.05, 0) is 296 Å². The minimum absolute atomic E-state index is 0.0205. The van der Waals surface area contributed by atoms with Crippen LogP contribution in [-0.4, -0.2) is 84.8 Å². The topological polar surface area (TPSA) is 350 Å². The number of methoxy groups -OCH3 is 1. The SMILES string of the molecule is CC(=O)Nc1ccc(C(C)C)cc1Br.CC(C)(C)c1ccc2nc[nH]c2c1.CC(C)N1CCC(Nc2ccc([N+](=O)[O-])cc2N)CC1.CC(C)c1cc(Br)c(N)c(Br)c1.CC(C)c1ccc(Cl)c([N+](=O)[O-])c1.CC(C)c1ccc(Cl)cc1.CC(C)c1ccc(N)c(Br)c1.CC(C)c1ccc2[nH]c(=O)[nH]c2c1.CNc1ccc(C(C)C)cc1[N+](=O)[O-].COc1ccc(C(C)C)cc1. The second-order valence-electron chi connectivity index (χ2n) is 35.3. The Bertz CT molecular complexity index is 5640. The molecule has 23 nitrogen and oxygen atoms in total. The van der Waals surface area contributed by atoms with E-state index in [2.05, 4.69) is 289 Å². The Morgan fingerprint density at radius 3 is 1.37 bits per heavy atom. The summed E-state index contributed by atoms with van der Waals surface area (Å²) in [6, 6.07) is 60.4. The first kappa shape index (κ1) is 113. The third-order valence-corrected chi connectivity index (χ3v) is 24.3. The number of aromatic amines is 3. The van der Waals surface area contributed by atoms with Gasteiger partial charge < -0.3 is 57.7 Å². The number of rotatable bonds is 17.